The van der Waals surface area contributed by atoms with E-state index in [1.807, 2.05) is 0 Å². The summed E-state index contributed by atoms with van der Waals surface area (Å²) < 4.78 is 4.55. The van der Waals surface area contributed by atoms with E-state index < -0.39 is 6.23 Å². The minimum atomic E-state index is -0.451. The highest BCUT2D eigenvalue weighted by atomic mass is 16.5. The van der Waals surface area contributed by atoms with Gasteiger partial charge in [0.2, 0.25) is 0 Å². The highest BCUT2D eigenvalue weighted by molar-refractivity contribution is 5.69. The Hall–Kier alpha value is -0.610. The van der Waals surface area contributed by atoms with E-state index in [4.69, 9.17) is 0 Å². The lowest BCUT2D eigenvalue weighted by Gasteiger charge is -2.25. The largest absolute Gasteiger partial charge is 0.469 e. The number of hydrogen-bond acceptors (Lipinski definition) is 4. The van der Waals surface area contributed by atoms with E-state index >= 15 is 0 Å². The van der Waals surface area contributed by atoms with Crippen molar-refractivity contribution in [1.29, 1.82) is 0 Å². The number of hydrogen-bond donors (Lipinski definition) is 2. The number of carbonyl (C=O) groups is 1. The van der Waals surface area contributed by atoms with E-state index in [0.29, 0.717) is 12.8 Å². The number of rotatable bonds is 2. The molecular weight excluding hydrogens is 158 g/mol. The molecule has 0 aromatic carbocycles. The first-order chi connectivity index (χ1) is 5.72. The van der Waals surface area contributed by atoms with Gasteiger partial charge in [-0.2, -0.15) is 0 Å². The molecule has 1 aliphatic heterocycles. The molecule has 0 radical (unpaired) electrons. The van der Waals surface area contributed by atoms with Gasteiger partial charge >= 0.3 is 5.97 Å². The minimum Gasteiger partial charge on any atom is -0.469 e. The lowest BCUT2D eigenvalue weighted by molar-refractivity contribution is -0.142. The van der Waals surface area contributed by atoms with Gasteiger partial charge in [-0.25, -0.2) is 0 Å². The number of nitrogens with one attached hydrogen (secondary N) is 1. The molecule has 0 aromatic rings. The smallest absolute Gasteiger partial charge is 0.305 e. The summed E-state index contributed by atoms with van der Waals surface area (Å²) in [5.41, 5.74) is 0. The highest BCUT2D eigenvalue weighted by Gasteiger charge is 2.21. The fourth-order valence-corrected chi connectivity index (χ4v) is 1.48. The molecule has 2 atom stereocenters. The first kappa shape index (κ1) is 9.48. The standard InChI is InChI=1S/C8H15NO3/c1-12-8(11)5-6-2-3-9-7(10)4-6/h6-7,9-10H,2-5H2,1H3. The Kier molecular flexibility index (Phi) is 3.49. The van der Waals surface area contributed by atoms with Crippen molar-refractivity contribution in [2.75, 3.05) is 13.7 Å². The number of aliphatic hydroxyl groups is 1. The lowest BCUT2D eigenvalue weighted by Crippen LogP contribution is -2.38. The average Bonchev–Trinajstić information content (AvgIpc) is 2.04. The molecule has 70 valence electrons. The zero-order valence-electron chi connectivity index (χ0n) is 7.25. The Labute approximate surface area is 71.9 Å². The van der Waals surface area contributed by atoms with Gasteiger partial charge in [0, 0.05) is 6.42 Å². The summed E-state index contributed by atoms with van der Waals surface area (Å²) in [6.45, 7) is 0.781. The monoisotopic (exact) mass is 173 g/mol. The lowest BCUT2D eigenvalue weighted by atomic mass is 9.94. The first-order valence-corrected chi connectivity index (χ1v) is 4.20. The number of piperidine rings is 1. The van der Waals surface area contributed by atoms with E-state index in [0.717, 1.165) is 13.0 Å². The van der Waals surface area contributed by atoms with Gasteiger partial charge in [-0.05, 0) is 25.3 Å². The fourth-order valence-electron chi connectivity index (χ4n) is 1.48. The second kappa shape index (κ2) is 4.42. The summed E-state index contributed by atoms with van der Waals surface area (Å²) in [6, 6.07) is 0. The number of methoxy groups -OCH3 is 1. The molecule has 4 heteroatoms. The molecule has 0 aromatic heterocycles. The van der Waals surface area contributed by atoms with Crippen LogP contribution in [0.15, 0.2) is 0 Å². The van der Waals surface area contributed by atoms with Gasteiger partial charge in [-0.1, -0.05) is 0 Å². The van der Waals surface area contributed by atoms with Crippen LogP contribution in [0.4, 0.5) is 0 Å². The highest BCUT2D eigenvalue weighted by Crippen LogP contribution is 2.18. The van der Waals surface area contributed by atoms with Gasteiger partial charge in [-0.15, -0.1) is 0 Å². The predicted molar refractivity (Wildman–Crippen MR) is 43.4 cm³/mol. The molecule has 0 aliphatic carbocycles. The zero-order valence-corrected chi connectivity index (χ0v) is 7.25. The van der Waals surface area contributed by atoms with Crippen LogP contribution >= 0.6 is 0 Å². The van der Waals surface area contributed by atoms with E-state index in [1.54, 1.807) is 0 Å². The van der Waals surface area contributed by atoms with Crippen LogP contribution in [0.25, 0.3) is 0 Å². The number of carbonyl (C=O) groups excluding carboxylic acids is 1. The van der Waals surface area contributed by atoms with Gasteiger partial charge < -0.3 is 9.84 Å². The summed E-state index contributed by atoms with van der Waals surface area (Å²) in [7, 11) is 1.39. The molecule has 2 N–H and O–H groups in total. The Morgan fingerprint density at radius 2 is 2.50 bits per heavy atom. The molecule has 1 fully saturated rings. The van der Waals surface area contributed by atoms with Crippen molar-refractivity contribution in [2.45, 2.75) is 25.5 Å². The van der Waals surface area contributed by atoms with E-state index in [-0.39, 0.29) is 11.9 Å². The summed E-state index contributed by atoms with van der Waals surface area (Å²) in [5.74, 6) is 0.0859. The van der Waals surface area contributed by atoms with Crippen LogP contribution in [0.5, 0.6) is 0 Å². The van der Waals surface area contributed by atoms with Crippen LogP contribution in [0, 0.1) is 5.92 Å². The number of aliphatic hydroxyl groups excluding tert-OH is 1. The Balaban J connectivity index is 2.27. The maximum atomic E-state index is 10.9. The third-order valence-corrected chi connectivity index (χ3v) is 2.17. The fraction of sp³-hybridized carbons (Fsp3) is 0.875. The summed E-state index contributed by atoms with van der Waals surface area (Å²) in [4.78, 5) is 10.9. The molecule has 1 heterocycles. The van der Waals surface area contributed by atoms with Crippen LogP contribution in [-0.4, -0.2) is 31.0 Å². The molecule has 0 bridgehead atoms. The van der Waals surface area contributed by atoms with E-state index in [9.17, 15) is 9.90 Å². The summed E-state index contributed by atoms with van der Waals surface area (Å²) in [6.07, 6.45) is 1.56. The second-order valence-corrected chi connectivity index (χ2v) is 3.14. The molecule has 0 spiro atoms. The zero-order chi connectivity index (χ0) is 8.97. The Bertz CT molecular complexity index is 160. The van der Waals surface area contributed by atoms with Crippen LogP contribution in [0.2, 0.25) is 0 Å². The third kappa shape index (κ3) is 2.79. The van der Waals surface area contributed by atoms with Crippen molar-refractivity contribution in [3.8, 4) is 0 Å². The third-order valence-electron chi connectivity index (χ3n) is 2.17. The van der Waals surface area contributed by atoms with Gasteiger partial charge in [0.05, 0.1) is 7.11 Å². The molecule has 2 unspecified atom stereocenters. The predicted octanol–water partition coefficient (Wildman–Crippen LogP) is -0.133. The van der Waals surface area contributed by atoms with Gasteiger partial charge in [0.15, 0.2) is 0 Å². The van der Waals surface area contributed by atoms with Gasteiger partial charge in [-0.3, -0.25) is 10.1 Å². The molecule has 4 nitrogen and oxygen atoms in total. The van der Waals surface area contributed by atoms with Gasteiger partial charge in [0.25, 0.3) is 0 Å². The van der Waals surface area contributed by atoms with Crippen LogP contribution in [0.1, 0.15) is 19.3 Å². The molecule has 1 aliphatic rings. The van der Waals surface area contributed by atoms with Crippen LogP contribution in [-0.2, 0) is 9.53 Å². The van der Waals surface area contributed by atoms with Crippen molar-refractivity contribution in [3.63, 3.8) is 0 Å². The molecule has 0 saturated carbocycles. The van der Waals surface area contributed by atoms with Crippen molar-refractivity contribution < 1.29 is 14.6 Å². The Morgan fingerprint density at radius 1 is 1.75 bits per heavy atom. The van der Waals surface area contributed by atoms with E-state index in [1.165, 1.54) is 7.11 Å². The minimum absolute atomic E-state index is 0.186. The molecule has 12 heavy (non-hydrogen) atoms. The number of esters is 1. The van der Waals surface area contributed by atoms with Crippen molar-refractivity contribution in [3.05, 3.63) is 0 Å². The summed E-state index contributed by atoms with van der Waals surface area (Å²) in [5, 5.41) is 12.1. The van der Waals surface area contributed by atoms with Gasteiger partial charge in [0.1, 0.15) is 6.23 Å². The number of ether oxygens (including phenoxy) is 1. The van der Waals surface area contributed by atoms with Crippen molar-refractivity contribution in [2.24, 2.45) is 5.92 Å². The molecular formula is C8H15NO3. The van der Waals surface area contributed by atoms with Crippen LogP contribution < -0.4 is 5.32 Å². The maximum absolute atomic E-state index is 10.9. The maximum Gasteiger partial charge on any atom is 0.305 e. The quantitative estimate of drug-likeness (QED) is 0.571. The normalized spacial score (nSPS) is 29.8. The summed E-state index contributed by atoms with van der Waals surface area (Å²) >= 11 is 0. The molecule has 1 rings (SSSR count). The second-order valence-electron chi connectivity index (χ2n) is 3.14. The topological polar surface area (TPSA) is 58.6 Å². The molecule has 0 amide bonds. The van der Waals surface area contributed by atoms with Crippen molar-refractivity contribution in [1.82, 2.24) is 5.32 Å². The van der Waals surface area contributed by atoms with E-state index in [2.05, 4.69) is 10.1 Å². The average molecular weight is 173 g/mol. The molecule has 1 saturated heterocycles. The SMILES string of the molecule is COC(=O)CC1CCNC(O)C1. The van der Waals surface area contributed by atoms with Crippen LogP contribution in [0.3, 0.4) is 0 Å². The Morgan fingerprint density at radius 3 is 3.08 bits per heavy atom. The van der Waals surface area contributed by atoms with Crippen molar-refractivity contribution >= 4 is 5.97 Å². The first-order valence-electron chi connectivity index (χ1n) is 4.20.